The van der Waals surface area contributed by atoms with Crippen LogP contribution in [0.15, 0.2) is 10.8 Å². The topological polar surface area (TPSA) is 87.1 Å². The fraction of sp³-hybridized carbons (Fsp3) is 0.222. The van der Waals surface area contributed by atoms with E-state index >= 15 is 0 Å². The molecule has 10 heteroatoms. The average Bonchev–Trinajstić information content (AvgIpc) is 2.84. The SMILES string of the molecule is COc1nc(-c2nnco2)c(N)c(Cl)c1C(F)(F)F. The number of nitrogen functional groups attached to an aromatic ring is 1. The second kappa shape index (κ2) is 4.57. The van der Waals surface area contributed by atoms with Crippen LogP contribution in [0.3, 0.4) is 0 Å². The molecular formula is C9H6ClF3N4O2. The summed E-state index contributed by atoms with van der Waals surface area (Å²) in [6.45, 7) is 0. The van der Waals surface area contributed by atoms with Crippen LogP contribution < -0.4 is 10.5 Å². The van der Waals surface area contributed by atoms with Crippen LogP contribution in [0.25, 0.3) is 11.6 Å². The monoisotopic (exact) mass is 294 g/mol. The smallest absolute Gasteiger partial charge is 0.423 e. The number of ether oxygens (including phenoxy) is 1. The lowest BCUT2D eigenvalue weighted by molar-refractivity contribution is -0.138. The number of hydrogen-bond acceptors (Lipinski definition) is 6. The van der Waals surface area contributed by atoms with Gasteiger partial charge in [0.1, 0.15) is 5.56 Å². The van der Waals surface area contributed by atoms with Crippen LogP contribution in [0.5, 0.6) is 5.88 Å². The molecule has 0 aliphatic heterocycles. The lowest BCUT2D eigenvalue weighted by atomic mass is 10.2. The highest BCUT2D eigenvalue weighted by atomic mass is 35.5. The molecule has 2 N–H and O–H groups in total. The van der Waals surface area contributed by atoms with E-state index in [1.54, 1.807) is 0 Å². The molecule has 0 saturated carbocycles. The zero-order chi connectivity index (χ0) is 14.2. The van der Waals surface area contributed by atoms with Crippen LogP contribution >= 0.6 is 11.6 Å². The molecule has 0 spiro atoms. The Bertz CT molecular complexity index is 600. The molecule has 0 amide bonds. The third-order valence-electron chi connectivity index (χ3n) is 2.18. The van der Waals surface area contributed by atoms with Gasteiger partial charge in [-0.15, -0.1) is 10.2 Å². The lowest BCUT2D eigenvalue weighted by Gasteiger charge is -2.15. The van der Waals surface area contributed by atoms with Crippen molar-refractivity contribution >= 4 is 17.3 Å². The number of halogens is 4. The summed E-state index contributed by atoms with van der Waals surface area (Å²) in [5, 5.41) is 6.15. The van der Waals surface area contributed by atoms with Crippen molar-refractivity contribution in [2.24, 2.45) is 0 Å². The Hall–Kier alpha value is -2.03. The van der Waals surface area contributed by atoms with Gasteiger partial charge in [-0.25, -0.2) is 4.98 Å². The zero-order valence-electron chi connectivity index (χ0n) is 9.32. The van der Waals surface area contributed by atoms with Crippen LogP contribution in [0, 0.1) is 0 Å². The fourth-order valence-corrected chi connectivity index (χ4v) is 1.66. The predicted molar refractivity (Wildman–Crippen MR) is 58.5 cm³/mol. The van der Waals surface area contributed by atoms with E-state index in [1.807, 2.05) is 0 Å². The third-order valence-corrected chi connectivity index (χ3v) is 2.57. The molecule has 0 saturated heterocycles. The van der Waals surface area contributed by atoms with E-state index in [4.69, 9.17) is 21.8 Å². The molecule has 2 aromatic heterocycles. The van der Waals surface area contributed by atoms with Crippen molar-refractivity contribution in [3.63, 3.8) is 0 Å². The summed E-state index contributed by atoms with van der Waals surface area (Å²) in [5.74, 6) is -0.883. The lowest BCUT2D eigenvalue weighted by Crippen LogP contribution is -2.12. The minimum atomic E-state index is -4.75. The largest absolute Gasteiger partial charge is 0.481 e. The van der Waals surface area contributed by atoms with Gasteiger partial charge in [-0.1, -0.05) is 11.6 Å². The second-order valence-electron chi connectivity index (χ2n) is 3.31. The summed E-state index contributed by atoms with van der Waals surface area (Å²) in [5.41, 5.74) is 3.67. The maximum Gasteiger partial charge on any atom is 0.423 e. The number of nitrogens with two attached hydrogens (primary N) is 1. The Morgan fingerprint density at radius 2 is 2.11 bits per heavy atom. The Labute approximate surface area is 109 Å². The minimum Gasteiger partial charge on any atom is -0.481 e. The van der Waals surface area contributed by atoms with E-state index in [0.29, 0.717) is 0 Å². The summed E-state index contributed by atoms with van der Waals surface area (Å²) < 4.78 is 47.9. The summed E-state index contributed by atoms with van der Waals surface area (Å²) in [4.78, 5) is 3.61. The quantitative estimate of drug-likeness (QED) is 0.915. The van der Waals surface area contributed by atoms with E-state index in [2.05, 4.69) is 19.9 Å². The van der Waals surface area contributed by atoms with Crippen LogP contribution in [-0.4, -0.2) is 22.3 Å². The third kappa shape index (κ3) is 2.28. The van der Waals surface area contributed by atoms with Crippen molar-refractivity contribution in [1.82, 2.24) is 15.2 Å². The highest BCUT2D eigenvalue weighted by molar-refractivity contribution is 6.34. The molecule has 0 aliphatic carbocycles. The molecule has 0 radical (unpaired) electrons. The Morgan fingerprint density at radius 1 is 1.42 bits per heavy atom. The first kappa shape index (κ1) is 13.4. The van der Waals surface area contributed by atoms with Gasteiger partial charge in [0, 0.05) is 0 Å². The molecule has 19 heavy (non-hydrogen) atoms. The molecule has 2 aromatic rings. The maximum absolute atomic E-state index is 12.8. The van der Waals surface area contributed by atoms with Crippen molar-refractivity contribution in [3.8, 4) is 17.5 Å². The standard InChI is InChI=1S/C9H6ClF3N4O2/c1-18-7-3(9(11,12)13)4(10)5(14)6(16-7)8-17-15-2-19-8/h2H,14H2,1H3. The number of methoxy groups -OCH3 is 1. The van der Waals surface area contributed by atoms with Gasteiger partial charge < -0.3 is 14.9 Å². The average molecular weight is 295 g/mol. The van der Waals surface area contributed by atoms with Gasteiger partial charge in [-0.05, 0) is 0 Å². The van der Waals surface area contributed by atoms with Crippen molar-refractivity contribution in [2.75, 3.05) is 12.8 Å². The first-order valence-electron chi connectivity index (χ1n) is 4.73. The molecular weight excluding hydrogens is 289 g/mol. The molecule has 0 aromatic carbocycles. The van der Waals surface area contributed by atoms with E-state index in [-0.39, 0.29) is 11.6 Å². The summed E-state index contributed by atoms with van der Waals surface area (Å²) in [6, 6.07) is 0. The Kier molecular flexibility index (Phi) is 3.23. The molecule has 0 fully saturated rings. The predicted octanol–water partition coefficient (Wildman–Crippen LogP) is 2.39. The van der Waals surface area contributed by atoms with Crippen LogP contribution in [0.4, 0.5) is 18.9 Å². The molecule has 0 atom stereocenters. The van der Waals surface area contributed by atoms with E-state index in [9.17, 15) is 13.2 Å². The van der Waals surface area contributed by atoms with Crippen molar-refractivity contribution < 1.29 is 22.3 Å². The number of pyridine rings is 1. The van der Waals surface area contributed by atoms with Crippen LogP contribution in [-0.2, 0) is 6.18 Å². The first-order valence-corrected chi connectivity index (χ1v) is 5.10. The number of alkyl halides is 3. The Morgan fingerprint density at radius 3 is 2.58 bits per heavy atom. The number of nitrogens with zero attached hydrogens (tertiary/aromatic N) is 3. The molecule has 0 aliphatic rings. The molecule has 102 valence electrons. The molecule has 0 unspecified atom stereocenters. The van der Waals surface area contributed by atoms with E-state index < -0.39 is 28.3 Å². The van der Waals surface area contributed by atoms with E-state index in [1.165, 1.54) is 0 Å². The highest BCUT2D eigenvalue weighted by Gasteiger charge is 2.40. The summed E-state index contributed by atoms with van der Waals surface area (Å²) in [7, 11) is 1.03. The van der Waals surface area contributed by atoms with Gasteiger partial charge >= 0.3 is 6.18 Å². The van der Waals surface area contributed by atoms with Gasteiger partial charge in [0.05, 0.1) is 17.8 Å². The summed E-state index contributed by atoms with van der Waals surface area (Å²) in [6.07, 6.45) is -3.77. The van der Waals surface area contributed by atoms with Crippen molar-refractivity contribution in [2.45, 2.75) is 6.18 Å². The fourth-order valence-electron chi connectivity index (χ4n) is 1.38. The molecule has 6 nitrogen and oxygen atoms in total. The van der Waals surface area contributed by atoms with Gasteiger partial charge in [0.2, 0.25) is 12.3 Å². The number of aromatic nitrogens is 3. The second-order valence-corrected chi connectivity index (χ2v) is 3.69. The van der Waals surface area contributed by atoms with Gasteiger partial charge in [0.25, 0.3) is 5.89 Å². The van der Waals surface area contributed by atoms with E-state index in [0.717, 1.165) is 13.5 Å². The zero-order valence-corrected chi connectivity index (χ0v) is 10.1. The maximum atomic E-state index is 12.8. The molecule has 2 rings (SSSR count). The van der Waals surface area contributed by atoms with Crippen LogP contribution in [0.2, 0.25) is 5.02 Å². The van der Waals surface area contributed by atoms with Crippen LogP contribution in [0.1, 0.15) is 5.56 Å². The number of hydrogen-bond donors (Lipinski definition) is 1. The minimum absolute atomic E-state index is 0.161. The summed E-state index contributed by atoms with van der Waals surface area (Å²) >= 11 is 5.63. The first-order chi connectivity index (χ1) is 8.86. The van der Waals surface area contributed by atoms with Gasteiger partial charge in [-0.3, -0.25) is 0 Å². The molecule has 2 heterocycles. The van der Waals surface area contributed by atoms with Crippen molar-refractivity contribution in [1.29, 1.82) is 0 Å². The van der Waals surface area contributed by atoms with Gasteiger partial charge in [0.15, 0.2) is 5.69 Å². The molecule has 0 bridgehead atoms. The van der Waals surface area contributed by atoms with Crippen molar-refractivity contribution in [3.05, 3.63) is 17.0 Å². The number of rotatable bonds is 2. The normalized spacial score (nSPS) is 11.6. The highest BCUT2D eigenvalue weighted by Crippen LogP contribution is 2.44. The van der Waals surface area contributed by atoms with Gasteiger partial charge in [-0.2, -0.15) is 13.2 Å². The Balaban J connectivity index is 2.73. The number of anilines is 1.